The fourth-order valence-electron chi connectivity index (χ4n) is 9.30. The molecule has 1 aliphatic carbocycles. The lowest BCUT2D eigenvalue weighted by molar-refractivity contribution is -0.134. The van der Waals surface area contributed by atoms with Gasteiger partial charge in [0, 0.05) is 105 Å². The number of anilines is 3. The highest BCUT2D eigenvalue weighted by atomic mass is 35.5. The second-order valence-corrected chi connectivity index (χ2v) is 19.1. The van der Waals surface area contributed by atoms with Gasteiger partial charge in [-0.25, -0.2) is 26.9 Å². The number of hydrogen-bond donors (Lipinski definition) is 2. The number of benzene rings is 2. The zero-order chi connectivity index (χ0) is 43.0. The minimum Gasteiger partial charge on any atom is -0.367 e. The molecule has 17 heteroatoms. The number of halogens is 3. The fraction of sp³-hybridized carbons (Fsp3) is 0.400. The number of carbonyl (C=O) groups is 2. The predicted octanol–water partition coefficient (Wildman–Crippen LogP) is 7.17. The van der Waals surface area contributed by atoms with Crippen molar-refractivity contribution in [2.75, 3.05) is 60.3 Å². The Balaban J connectivity index is 0.840. The highest BCUT2D eigenvalue weighted by molar-refractivity contribution is 7.93. The average molecular weight is 884 g/mol. The van der Waals surface area contributed by atoms with E-state index in [9.17, 15) is 18.0 Å². The first kappa shape index (κ1) is 41.9. The molecule has 6 heterocycles. The minimum absolute atomic E-state index is 0.0514. The summed E-state index contributed by atoms with van der Waals surface area (Å²) in [5.41, 5.74) is 2.95. The molecule has 0 bridgehead atoms. The van der Waals surface area contributed by atoms with Crippen molar-refractivity contribution in [1.82, 2.24) is 30.0 Å². The third-order valence-corrected chi connectivity index (χ3v) is 14.8. The molecule has 3 saturated heterocycles. The summed E-state index contributed by atoms with van der Waals surface area (Å²) in [5, 5.41) is 6.75. The third-order valence-electron chi connectivity index (χ3n) is 12.8. The molecule has 0 unspecified atom stereocenters. The van der Waals surface area contributed by atoms with Crippen molar-refractivity contribution < 1.29 is 26.8 Å². The van der Waals surface area contributed by atoms with Gasteiger partial charge < -0.3 is 9.80 Å². The second-order valence-electron chi connectivity index (χ2n) is 16.7. The Bertz CT molecular complexity index is 2560. The van der Waals surface area contributed by atoms with Crippen LogP contribution in [0.5, 0.6) is 0 Å². The van der Waals surface area contributed by atoms with Gasteiger partial charge in [-0.3, -0.25) is 29.5 Å². The summed E-state index contributed by atoms with van der Waals surface area (Å²) < 4.78 is 62.7. The fourth-order valence-corrected chi connectivity index (χ4v) is 11.1. The van der Waals surface area contributed by atoms with Crippen LogP contribution in [0.1, 0.15) is 62.8 Å². The van der Waals surface area contributed by atoms with Gasteiger partial charge in [-0.2, -0.15) is 5.10 Å². The highest BCUT2D eigenvalue weighted by Gasteiger charge is 2.32. The largest absolute Gasteiger partial charge is 0.367 e. The summed E-state index contributed by atoms with van der Waals surface area (Å²) in [6, 6.07) is 15.1. The summed E-state index contributed by atoms with van der Waals surface area (Å²) >= 11 is 6.49. The maximum atomic E-state index is 16.4. The molecule has 62 heavy (non-hydrogen) atoms. The topological polar surface area (TPSA) is 146 Å². The van der Waals surface area contributed by atoms with Gasteiger partial charge in [0.25, 0.3) is 0 Å². The normalized spacial score (nSPS) is 19.6. The van der Waals surface area contributed by atoms with Crippen molar-refractivity contribution in [2.45, 2.75) is 62.5 Å². The van der Waals surface area contributed by atoms with Crippen LogP contribution in [-0.2, 0) is 19.6 Å². The first-order valence-electron chi connectivity index (χ1n) is 21.3. The lowest BCUT2D eigenvalue weighted by Gasteiger charge is -2.40. The number of imide groups is 1. The van der Waals surface area contributed by atoms with E-state index in [2.05, 4.69) is 34.7 Å². The summed E-state index contributed by atoms with van der Waals surface area (Å²) in [4.78, 5) is 39.4. The van der Waals surface area contributed by atoms with Crippen LogP contribution in [0.25, 0.3) is 28.1 Å². The standard InChI is InChI=1S/C45H48ClF2N9O4S/c46-32-23-36(43(48)39(24-32)53-62(60,61)34-3-1-2-4-34)37-28-57(52-44(37)30-11-15-49-16-12-30)33-6-8-40(38(47)25-33)55-21-19-54(20-22-55)27-29-13-17-56(18-14-29)41-9-5-31(26-50-41)35-7-10-42(58)51-45(35)59/h5-6,8-9,11-12,15-16,23-26,28-29,34-35,53H,1-4,7,10,13-14,17-22,27H2,(H,51,58,59)/t35-/m1/s1. The zero-order valence-corrected chi connectivity index (χ0v) is 35.7. The second kappa shape index (κ2) is 17.7. The van der Waals surface area contributed by atoms with Gasteiger partial charge in [0.1, 0.15) is 17.3 Å². The molecule has 5 aromatic rings. The quantitative estimate of drug-likeness (QED) is 0.131. The van der Waals surface area contributed by atoms with Crippen molar-refractivity contribution in [3.8, 4) is 28.1 Å². The van der Waals surface area contributed by atoms with Gasteiger partial charge in [0.2, 0.25) is 21.8 Å². The zero-order valence-electron chi connectivity index (χ0n) is 34.1. The number of nitrogens with one attached hydrogen (secondary N) is 2. The van der Waals surface area contributed by atoms with E-state index in [0.29, 0.717) is 72.9 Å². The van der Waals surface area contributed by atoms with Crippen LogP contribution in [-0.4, -0.2) is 95.9 Å². The summed E-state index contributed by atoms with van der Waals surface area (Å²) in [6.07, 6.45) is 12.1. The molecule has 13 nitrogen and oxygen atoms in total. The third kappa shape index (κ3) is 8.90. The van der Waals surface area contributed by atoms with Gasteiger partial charge in [-0.1, -0.05) is 30.5 Å². The summed E-state index contributed by atoms with van der Waals surface area (Å²) in [5.74, 6) is -0.572. The van der Waals surface area contributed by atoms with E-state index < -0.39 is 26.9 Å². The SMILES string of the molecule is O=C1CC[C@H](c2ccc(N3CCC(CN4CCN(c5ccc(-n6cc(-c7cc(Cl)cc(NS(=O)(=O)C8CCCC8)c7F)c(-c7ccncc7)n6)cc5F)CC4)CC3)nc2)C(=O)N1. The number of piperazine rings is 1. The molecular formula is C45H48ClF2N9O4S. The number of hydrogen-bond acceptors (Lipinski definition) is 10. The monoisotopic (exact) mass is 883 g/mol. The number of sulfonamides is 1. The minimum atomic E-state index is -3.84. The van der Waals surface area contributed by atoms with Gasteiger partial charge in [0.15, 0.2) is 5.82 Å². The number of aromatic nitrogens is 4. The molecule has 2 aromatic carbocycles. The first-order chi connectivity index (χ1) is 30.0. The number of piperidine rings is 2. The van der Waals surface area contributed by atoms with Crippen LogP contribution in [0.3, 0.4) is 0 Å². The Kier molecular flexibility index (Phi) is 12.0. The molecule has 324 valence electrons. The smallest absolute Gasteiger partial charge is 0.235 e. The van der Waals surface area contributed by atoms with Crippen molar-refractivity contribution in [1.29, 1.82) is 0 Å². The van der Waals surface area contributed by atoms with Crippen LogP contribution in [0.2, 0.25) is 5.02 Å². The summed E-state index contributed by atoms with van der Waals surface area (Å²) in [7, 11) is -3.84. The number of pyridine rings is 2. The molecule has 1 atom stereocenters. The van der Waals surface area contributed by atoms with Crippen molar-refractivity contribution in [2.24, 2.45) is 5.92 Å². The molecule has 9 rings (SSSR count). The molecule has 0 spiro atoms. The van der Waals surface area contributed by atoms with E-state index in [4.69, 9.17) is 16.7 Å². The lowest BCUT2D eigenvalue weighted by atomic mass is 9.91. The van der Waals surface area contributed by atoms with E-state index in [1.807, 2.05) is 12.1 Å². The molecule has 3 aromatic heterocycles. The average Bonchev–Trinajstić information content (AvgIpc) is 3.99. The molecule has 2 amide bonds. The Morgan fingerprint density at radius 2 is 1.60 bits per heavy atom. The van der Waals surface area contributed by atoms with Crippen LogP contribution >= 0.6 is 11.6 Å². The van der Waals surface area contributed by atoms with Crippen molar-refractivity contribution in [3.63, 3.8) is 0 Å². The van der Waals surface area contributed by atoms with E-state index in [0.717, 1.165) is 69.8 Å². The maximum absolute atomic E-state index is 16.4. The summed E-state index contributed by atoms with van der Waals surface area (Å²) in [6.45, 7) is 5.75. The Hall–Kier alpha value is -5.45. The Morgan fingerprint density at radius 3 is 2.29 bits per heavy atom. The van der Waals surface area contributed by atoms with Crippen LogP contribution in [0.15, 0.2) is 79.4 Å². The first-order valence-corrected chi connectivity index (χ1v) is 23.2. The van der Waals surface area contributed by atoms with Gasteiger partial charge >= 0.3 is 0 Å². The Morgan fingerprint density at radius 1 is 0.839 bits per heavy atom. The number of nitrogens with zero attached hydrogens (tertiary/aromatic N) is 7. The van der Waals surface area contributed by atoms with Gasteiger partial charge in [-0.15, -0.1) is 0 Å². The van der Waals surface area contributed by atoms with Gasteiger partial charge in [0.05, 0.1) is 28.2 Å². The van der Waals surface area contributed by atoms with Crippen LogP contribution < -0.4 is 19.8 Å². The lowest BCUT2D eigenvalue weighted by Crippen LogP contribution is -2.49. The molecule has 4 fully saturated rings. The number of rotatable bonds is 11. The highest BCUT2D eigenvalue weighted by Crippen LogP contribution is 2.39. The van der Waals surface area contributed by atoms with E-state index in [-0.39, 0.29) is 34.0 Å². The Labute approximate surface area is 364 Å². The number of amides is 2. The molecule has 1 saturated carbocycles. The van der Waals surface area contributed by atoms with E-state index in [1.54, 1.807) is 49.1 Å². The maximum Gasteiger partial charge on any atom is 0.235 e. The predicted molar refractivity (Wildman–Crippen MR) is 235 cm³/mol. The van der Waals surface area contributed by atoms with Gasteiger partial charge in [-0.05, 0) is 86.1 Å². The van der Waals surface area contributed by atoms with E-state index in [1.165, 1.54) is 22.9 Å². The molecule has 3 aliphatic heterocycles. The van der Waals surface area contributed by atoms with E-state index >= 15 is 8.78 Å². The van der Waals surface area contributed by atoms with Crippen molar-refractivity contribution in [3.05, 3.63) is 102 Å². The van der Waals surface area contributed by atoms with Crippen LogP contribution in [0, 0.1) is 17.6 Å². The molecule has 0 radical (unpaired) electrons. The van der Waals surface area contributed by atoms with Crippen LogP contribution in [0.4, 0.5) is 26.0 Å². The number of carbonyl (C=O) groups excluding carboxylic acids is 2. The molecule has 4 aliphatic rings. The molecule has 2 N–H and O–H groups in total. The molecular weight excluding hydrogens is 836 g/mol. The van der Waals surface area contributed by atoms with Crippen molar-refractivity contribution >= 4 is 50.6 Å².